The molecule has 1 rings (SSSR count). The van der Waals surface area contributed by atoms with E-state index in [0.29, 0.717) is 0 Å². The van der Waals surface area contributed by atoms with E-state index >= 15 is 0 Å². The highest BCUT2D eigenvalue weighted by atomic mass is 15.2. The number of hydrogen-bond donors (Lipinski definition) is 0. The second-order valence-corrected chi connectivity index (χ2v) is 4.75. The molecule has 1 nitrogen and oxygen atoms in total. The van der Waals surface area contributed by atoms with Crippen LogP contribution in [0.3, 0.4) is 0 Å². The van der Waals surface area contributed by atoms with Crippen LogP contribution in [0, 0.1) is 5.92 Å². The Balaban J connectivity index is 2.38. The molecule has 1 fully saturated rings. The molecule has 1 aliphatic heterocycles. The Morgan fingerprint density at radius 1 is 1.38 bits per heavy atom. The van der Waals surface area contributed by atoms with Gasteiger partial charge in [0, 0.05) is 12.6 Å². The Bertz CT molecular complexity index is 180. The molecule has 0 aromatic rings. The normalized spacial score (nSPS) is 30.2. The van der Waals surface area contributed by atoms with Crippen LogP contribution in [-0.4, -0.2) is 24.0 Å². The summed E-state index contributed by atoms with van der Waals surface area (Å²) < 4.78 is 0. The van der Waals surface area contributed by atoms with Gasteiger partial charge in [0.25, 0.3) is 0 Å². The number of rotatable bonds is 2. The third-order valence-electron chi connectivity index (χ3n) is 3.01. The molecule has 1 aliphatic rings. The lowest BCUT2D eigenvalue weighted by molar-refractivity contribution is 0.144. The lowest BCUT2D eigenvalue weighted by atomic mass is 9.93. The topological polar surface area (TPSA) is 3.24 Å². The summed E-state index contributed by atoms with van der Waals surface area (Å²) in [5.41, 5.74) is 1.44. The molecular formula is C12H23N. The SMILES string of the molecule is CC(C)=CCN1CC[C@H](C)C[C@@H]1C. The maximum absolute atomic E-state index is 2.59. The largest absolute Gasteiger partial charge is 0.297 e. The molecule has 0 aliphatic carbocycles. The highest BCUT2D eigenvalue weighted by molar-refractivity contribution is 4.96. The van der Waals surface area contributed by atoms with Crippen molar-refractivity contribution in [2.24, 2.45) is 5.92 Å². The molecule has 0 aromatic heterocycles. The van der Waals surface area contributed by atoms with Gasteiger partial charge in [0.1, 0.15) is 0 Å². The van der Waals surface area contributed by atoms with Gasteiger partial charge < -0.3 is 0 Å². The van der Waals surface area contributed by atoms with Gasteiger partial charge in [0.15, 0.2) is 0 Å². The van der Waals surface area contributed by atoms with Crippen molar-refractivity contribution in [2.45, 2.75) is 46.6 Å². The van der Waals surface area contributed by atoms with Gasteiger partial charge in [-0.15, -0.1) is 0 Å². The van der Waals surface area contributed by atoms with Gasteiger partial charge in [-0.1, -0.05) is 18.6 Å². The summed E-state index contributed by atoms with van der Waals surface area (Å²) in [5.74, 6) is 0.929. The number of likely N-dealkylation sites (tertiary alicyclic amines) is 1. The Morgan fingerprint density at radius 2 is 2.08 bits per heavy atom. The molecule has 0 saturated carbocycles. The quantitative estimate of drug-likeness (QED) is 0.592. The molecule has 0 spiro atoms. The summed E-state index contributed by atoms with van der Waals surface area (Å²) in [5, 5.41) is 0. The molecule has 0 unspecified atom stereocenters. The van der Waals surface area contributed by atoms with E-state index in [2.05, 4.69) is 38.7 Å². The van der Waals surface area contributed by atoms with Crippen LogP contribution in [0.25, 0.3) is 0 Å². The molecule has 0 bridgehead atoms. The minimum absolute atomic E-state index is 0.777. The van der Waals surface area contributed by atoms with Gasteiger partial charge in [-0.2, -0.15) is 0 Å². The minimum atomic E-state index is 0.777. The minimum Gasteiger partial charge on any atom is -0.297 e. The summed E-state index contributed by atoms with van der Waals surface area (Å²) in [7, 11) is 0. The van der Waals surface area contributed by atoms with Crippen LogP contribution in [0.15, 0.2) is 11.6 Å². The zero-order valence-electron chi connectivity index (χ0n) is 9.51. The average molecular weight is 181 g/mol. The molecule has 0 amide bonds. The van der Waals surface area contributed by atoms with Crippen LogP contribution < -0.4 is 0 Å². The predicted octanol–water partition coefficient (Wildman–Crippen LogP) is 3.07. The monoisotopic (exact) mass is 181 g/mol. The van der Waals surface area contributed by atoms with Crippen LogP contribution in [-0.2, 0) is 0 Å². The van der Waals surface area contributed by atoms with Crippen molar-refractivity contribution in [3.05, 3.63) is 11.6 Å². The average Bonchev–Trinajstić information content (AvgIpc) is 2.02. The van der Waals surface area contributed by atoms with E-state index < -0.39 is 0 Å². The Kier molecular flexibility index (Phi) is 3.98. The molecule has 13 heavy (non-hydrogen) atoms. The number of nitrogens with zero attached hydrogens (tertiary/aromatic N) is 1. The van der Waals surface area contributed by atoms with E-state index in [1.165, 1.54) is 25.0 Å². The van der Waals surface area contributed by atoms with Gasteiger partial charge in [-0.05, 0) is 46.1 Å². The van der Waals surface area contributed by atoms with Gasteiger partial charge >= 0.3 is 0 Å². The first-order valence-electron chi connectivity index (χ1n) is 5.47. The van der Waals surface area contributed by atoms with Gasteiger partial charge in [-0.25, -0.2) is 0 Å². The van der Waals surface area contributed by atoms with Crippen molar-refractivity contribution < 1.29 is 0 Å². The smallest absolute Gasteiger partial charge is 0.0168 e. The highest BCUT2D eigenvalue weighted by Crippen LogP contribution is 2.21. The Morgan fingerprint density at radius 3 is 2.62 bits per heavy atom. The standard InChI is InChI=1S/C12H23N/c1-10(2)5-7-13-8-6-11(3)9-12(13)4/h5,11-12H,6-9H2,1-4H3/t11-,12-/m0/s1. The van der Waals surface area contributed by atoms with E-state index in [4.69, 9.17) is 0 Å². The Labute approximate surface area is 82.8 Å². The molecule has 0 aromatic carbocycles. The van der Waals surface area contributed by atoms with Crippen LogP contribution in [0.4, 0.5) is 0 Å². The van der Waals surface area contributed by atoms with Gasteiger partial charge in [0.05, 0.1) is 0 Å². The number of piperidine rings is 1. The van der Waals surface area contributed by atoms with Crippen molar-refractivity contribution in [3.63, 3.8) is 0 Å². The van der Waals surface area contributed by atoms with Gasteiger partial charge in [0.2, 0.25) is 0 Å². The van der Waals surface area contributed by atoms with Crippen molar-refractivity contribution in [1.82, 2.24) is 4.90 Å². The van der Waals surface area contributed by atoms with E-state index in [9.17, 15) is 0 Å². The lowest BCUT2D eigenvalue weighted by Crippen LogP contribution is -2.40. The third kappa shape index (κ3) is 3.51. The summed E-state index contributed by atoms with van der Waals surface area (Å²) in [6, 6.07) is 0.777. The zero-order chi connectivity index (χ0) is 9.84. The van der Waals surface area contributed by atoms with Crippen LogP contribution in [0.5, 0.6) is 0 Å². The van der Waals surface area contributed by atoms with Crippen LogP contribution >= 0.6 is 0 Å². The number of allylic oxidation sites excluding steroid dienone is 1. The maximum Gasteiger partial charge on any atom is 0.0168 e. The van der Waals surface area contributed by atoms with Crippen molar-refractivity contribution in [3.8, 4) is 0 Å². The highest BCUT2D eigenvalue weighted by Gasteiger charge is 2.21. The molecule has 0 radical (unpaired) electrons. The number of hydrogen-bond acceptors (Lipinski definition) is 1. The second-order valence-electron chi connectivity index (χ2n) is 4.75. The van der Waals surface area contributed by atoms with Crippen molar-refractivity contribution in [2.75, 3.05) is 13.1 Å². The molecular weight excluding hydrogens is 158 g/mol. The lowest BCUT2D eigenvalue weighted by Gasteiger charge is -2.35. The van der Waals surface area contributed by atoms with E-state index in [0.717, 1.165) is 18.5 Å². The molecule has 1 heteroatoms. The molecule has 1 heterocycles. The third-order valence-corrected chi connectivity index (χ3v) is 3.01. The van der Waals surface area contributed by atoms with E-state index in [1.807, 2.05) is 0 Å². The van der Waals surface area contributed by atoms with Crippen molar-refractivity contribution in [1.29, 1.82) is 0 Å². The molecule has 0 N–H and O–H groups in total. The molecule has 76 valence electrons. The van der Waals surface area contributed by atoms with Crippen LogP contribution in [0.2, 0.25) is 0 Å². The van der Waals surface area contributed by atoms with Gasteiger partial charge in [-0.3, -0.25) is 4.90 Å². The molecule has 1 saturated heterocycles. The van der Waals surface area contributed by atoms with Crippen LogP contribution in [0.1, 0.15) is 40.5 Å². The first kappa shape index (κ1) is 10.8. The molecule has 2 atom stereocenters. The summed E-state index contributed by atoms with van der Waals surface area (Å²) >= 11 is 0. The first-order chi connectivity index (χ1) is 6.09. The fourth-order valence-electron chi connectivity index (χ4n) is 2.03. The fourth-order valence-corrected chi connectivity index (χ4v) is 2.03. The Hall–Kier alpha value is -0.300. The van der Waals surface area contributed by atoms with E-state index in [-0.39, 0.29) is 0 Å². The second kappa shape index (κ2) is 4.80. The van der Waals surface area contributed by atoms with E-state index in [1.54, 1.807) is 0 Å². The summed E-state index contributed by atoms with van der Waals surface area (Å²) in [4.78, 5) is 2.59. The predicted molar refractivity (Wildman–Crippen MR) is 58.9 cm³/mol. The van der Waals surface area contributed by atoms with Crippen molar-refractivity contribution >= 4 is 0 Å². The zero-order valence-corrected chi connectivity index (χ0v) is 9.51. The summed E-state index contributed by atoms with van der Waals surface area (Å²) in [6.07, 6.45) is 5.09. The first-order valence-corrected chi connectivity index (χ1v) is 5.47. The fraction of sp³-hybridized carbons (Fsp3) is 0.833. The summed E-state index contributed by atoms with van der Waals surface area (Å²) in [6.45, 7) is 11.5. The maximum atomic E-state index is 2.59.